The van der Waals surface area contributed by atoms with E-state index in [0.717, 1.165) is 10.4 Å². The molecule has 0 saturated heterocycles. The first-order valence-electron chi connectivity index (χ1n) is 7.32. The molecule has 0 bridgehead atoms. The van der Waals surface area contributed by atoms with Crippen LogP contribution in [0.2, 0.25) is 0 Å². The summed E-state index contributed by atoms with van der Waals surface area (Å²) in [6.07, 6.45) is 0. The number of aromatic amines is 1. The van der Waals surface area contributed by atoms with E-state index >= 15 is 0 Å². The fourth-order valence-corrected chi connectivity index (χ4v) is 4.07. The number of hydrogen-bond donors (Lipinski definition) is 2. The largest absolute Gasteiger partial charge is 0.481 e. The van der Waals surface area contributed by atoms with E-state index in [-0.39, 0.29) is 5.56 Å². The van der Waals surface area contributed by atoms with Crippen LogP contribution < -0.4 is 5.56 Å². The topological polar surface area (TPSA) is 83.0 Å². The molecule has 0 aliphatic carbocycles. The van der Waals surface area contributed by atoms with Gasteiger partial charge in [-0.3, -0.25) is 9.59 Å². The molecule has 0 fully saturated rings. The maximum absolute atomic E-state index is 12.3. The summed E-state index contributed by atoms with van der Waals surface area (Å²) in [7, 11) is 0. The molecule has 0 unspecified atom stereocenters. The van der Waals surface area contributed by atoms with Gasteiger partial charge < -0.3 is 10.1 Å². The summed E-state index contributed by atoms with van der Waals surface area (Å²) in [6.45, 7) is 3.30. The van der Waals surface area contributed by atoms with Crippen molar-refractivity contribution in [1.29, 1.82) is 0 Å². The van der Waals surface area contributed by atoms with Crippen LogP contribution in [0.4, 0.5) is 0 Å². The minimum atomic E-state index is -0.886. The summed E-state index contributed by atoms with van der Waals surface area (Å²) < 4.78 is 0. The molecule has 0 aliphatic heterocycles. The lowest BCUT2D eigenvalue weighted by Gasteiger charge is -2.17. The van der Waals surface area contributed by atoms with E-state index in [1.54, 1.807) is 13.8 Å². The van der Waals surface area contributed by atoms with Gasteiger partial charge in [-0.2, -0.15) is 0 Å². The second-order valence-corrected chi connectivity index (χ2v) is 8.04. The van der Waals surface area contributed by atoms with Crippen molar-refractivity contribution in [3.8, 4) is 10.4 Å². The third-order valence-corrected chi connectivity index (χ3v) is 6.00. The Kier molecular flexibility index (Phi) is 4.47. The predicted molar refractivity (Wildman–Crippen MR) is 97.8 cm³/mol. The average molecular weight is 360 g/mol. The molecular weight excluding hydrogens is 344 g/mol. The van der Waals surface area contributed by atoms with Crippen LogP contribution in [-0.4, -0.2) is 26.8 Å². The van der Waals surface area contributed by atoms with Gasteiger partial charge in [0.05, 0.1) is 10.8 Å². The molecule has 1 aromatic carbocycles. The number of nitrogens with zero attached hydrogens (tertiary/aromatic N) is 1. The Balaban J connectivity index is 1.93. The summed E-state index contributed by atoms with van der Waals surface area (Å²) in [5, 5.41) is 10.2. The van der Waals surface area contributed by atoms with E-state index in [0.29, 0.717) is 21.1 Å². The number of H-pyrrole nitrogens is 1. The molecule has 2 aromatic heterocycles. The molecule has 0 atom stereocenters. The van der Waals surface area contributed by atoms with Gasteiger partial charge >= 0.3 is 5.97 Å². The van der Waals surface area contributed by atoms with Crippen LogP contribution in [0.5, 0.6) is 0 Å². The van der Waals surface area contributed by atoms with Gasteiger partial charge in [-0.15, -0.1) is 11.3 Å². The van der Waals surface area contributed by atoms with Gasteiger partial charge in [0.15, 0.2) is 5.16 Å². The van der Waals surface area contributed by atoms with Gasteiger partial charge in [-0.25, -0.2) is 4.98 Å². The van der Waals surface area contributed by atoms with Crippen LogP contribution in [0.1, 0.15) is 13.8 Å². The van der Waals surface area contributed by atoms with E-state index < -0.39 is 11.4 Å². The Morgan fingerprint density at radius 3 is 2.71 bits per heavy atom. The van der Waals surface area contributed by atoms with E-state index in [1.807, 2.05) is 36.4 Å². The highest BCUT2D eigenvalue weighted by Gasteiger charge is 2.27. The second kappa shape index (κ2) is 6.41. The molecule has 2 heterocycles. The zero-order valence-corrected chi connectivity index (χ0v) is 14.8. The third kappa shape index (κ3) is 3.37. The number of nitrogens with one attached hydrogen (secondary N) is 1. The molecule has 0 amide bonds. The number of benzene rings is 1. The van der Waals surface area contributed by atoms with Gasteiger partial charge in [-0.1, -0.05) is 42.1 Å². The third-order valence-electron chi connectivity index (χ3n) is 3.59. The van der Waals surface area contributed by atoms with Gasteiger partial charge in [0.1, 0.15) is 4.83 Å². The maximum Gasteiger partial charge on any atom is 0.309 e. The zero-order chi connectivity index (χ0) is 17.3. The number of fused-ring (bicyclic) bond motifs is 1. The molecule has 2 N–H and O–H groups in total. The summed E-state index contributed by atoms with van der Waals surface area (Å²) in [4.78, 5) is 32.3. The number of aromatic nitrogens is 2. The zero-order valence-electron chi connectivity index (χ0n) is 13.2. The van der Waals surface area contributed by atoms with Crippen molar-refractivity contribution in [2.75, 3.05) is 5.75 Å². The van der Waals surface area contributed by atoms with Crippen LogP contribution in [0.25, 0.3) is 20.7 Å². The van der Waals surface area contributed by atoms with Crippen molar-refractivity contribution in [2.24, 2.45) is 5.41 Å². The number of rotatable bonds is 5. The summed E-state index contributed by atoms with van der Waals surface area (Å²) in [5.74, 6) is -0.547. The Hall–Kier alpha value is -2.12. The normalized spacial score (nSPS) is 11.8. The van der Waals surface area contributed by atoms with Crippen LogP contribution in [-0.2, 0) is 4.79 Å². The SMILES string of the molecule is CC(C)(CSc1nc2sc(-c3ccccc3)cc2c(=O)[nH]1)C(=O)O. The summed E-state index contributed by atoms with van der Waals surface area (Å²) in [5.41, 5.74) is -0.0433. The lowest BCUT2D eigenvalue weighted by atomic mass is 9.97. The van der Waals surface area contributed by atoms with Crippen LogP contribution >= 0.6 is 23.1 Å². The molecule has 7 heteroatoms. The minimum Gasteiger partial charge on any atom is -0.481 e. The number of hydrogen-bond acceptors (Lipinski definition) is 5. The van der Waals surface area contributed by atoms with Crippen molar-refractivity contribution in [3.63, 3.8) is 0 Å². The van der Waals surface area contributed by atoms with Crippen LogP contribution in [0.15, 0.2) is 46.3 Å². The first-order valence-corrected chi connectivity index (χ1v) is 9.12. The average Bonchev–Trinajstić information content (AvgIpc) is 2.98. The lowest BCUT2D eigenvalue weighted by molar-refractivity contribution is -0.145. The molecule has 3 aromatic rings. The molecule has 0 spiro atoms. The molecule has 0 aliphatic rings. The number of carboxylic acid groups (broad SMARTS) is 1. The highest BCUT2D eigenvalue weighted by molar-refractivity contribution is 7.99. The number of thioether (sulfide) groups is 1. The highest BCUT2D eigenvalue weighted by atomic mass is 32.2. The van der Waals surface area contributed by atoms with E-state index in [1.165, 1.54) is 23.1 Å². The van der Waals surface area contributed by atoms with Gasteiger partial charge in [-0.05, 0) is 25.5 Å². The minimum absolute atomic E-state index is 0.200. The van der Waals surface area contributed by atoms with Gasteiger partial charge in [0.25, 0.3) is 5.56 Å². The fraction of sp³-hybridized carbons (Fsp3) is 0.235. The van der Waals surface area contributed by atoms with E-state index in [4.69, 9.17) is 0 Å². The standard InChI is InChI=1S/C17H16N2O3S2/c1-17(2,15(21)22)9-23-16-18-13(20)11-8-12(24-14(11)19-16)10-6-4-3-5-7-10/h3-8H,9H2,1-2H3,(H,21,22)(H,18,19,20). The smallest absolute Gasteiger partial charge is 0.309 e. The molecule has 3 rings (SSSR count). The first kappa shape index (κ1) is 16.7. The quantitative estimate of drug-likeness (QED) is 0.533. The maximum atomic E-state index is 12.3. The van der Waals surface area contributed by atoms with Crippen molar-refractivity contribution >= 4 is 39.3 Å². The van der Waals surface area contributed by atoms with Crippen molar-refractivity contribution in [3.05, 3.63) is 46.8 Å². The molecule has 124 valence electrons. The van der Waals surface area contributed by atoms with E-state index in [2.05, 4.69) is 9.97 Å². The summed E-state index contributed by atoms with van der Waals surface area (Å²) in [6, 6.07) is 11.7. The molecular formula is C17H16N2O3S2. The number of carboxylic acids is 1. The Labute approximate surface area is 146 Å². The molecule has 5 nitrogen and oxygen atoms in total. The van der Waals surface area contributed by atoms with Gasteiger partial charge in [0, 0.05) is 10.6 Å². The van der Waals surface area contributed by atoms with Crippen LogP contribution in [0.3, 0.4) is 0 Å². The van der Waals surface area contributed by atoms with Crippen molar-refractivity contribution < 1.29 is 9.90 Å². The lowest BCUT2D eigenvalue weighted by Crippen LogP contribution is -2.26. The van der Waals surface area contributed by atoms with Gasteiger partial charge in [0.2, 0.25) is 0 Å². The monoisotopic (exact) mass is 360 g/mol. The summed E-state index contributed by atoms with van der Waals surface area (Å²) >= 11 is 2.71. The second-order valence-electron chi connectivity index (χ2n) is 6.04. The predicted octanol–water partition coefficient (Wildman–Crippen LogP) is 3.85. The first-order chi connectivity index (χ1) is 11.4. The Morgan fingerprint density at radius 2 is 2.04 bits per heavy atom. The van der Waals surface area contributed by atoms with Crippen LogP contribution in [0, 0.1) is 5.41 Å². The van der Waals surface area contributed by atoms with Crippen molar-refractivity contribution in [2.45, 2.75) is 19.0 Å². The number of thiophene rings is 1. The Bertz CT molecular complexity index is 945. The number of carbonyl (C=O) groups is 1. The van der Waals surface area contributed by atoms with E-state index in [9.17, 15) is 14.7 Å². The fourth-order valence-electron chi connectivity index (χ4n) is 2.04. The molecule has 0 saturated carbocycles. The number of aliphatic carboxylic acids is 1. The molecule has 24 heavy (non-hydrogen) atoms. The molecule has 0 radical (unpaired) electrons. The highest BCUT2D eigenvalue weighted by Crippen LogP contribution is 2.32. The Morgan fingerprint density at radius 1 is 1.33 bits per heavy atom. The van der Waals surface area contributed by atoms with Crippen molar-refractivity contribution in [1.82, 2.24) is 9.97 Å².